The smallest absolute Gasteiger partial charge is 0.308 e. The molecule has 7 heteroatoms. The minimum atomic E-state index is -3.47. The molecule has 0 aromatic heterocycles. The number of carboxylic acid groups (broad SMARTS) is 1. The van der Waals surface area contributed by atoms with Crippen LogP contribution < -0.4 is 0 Å². The van der Waals surface area contributed by atoms with E-state index in [0.717, 1.165) is 12.8 Å². The number of hydrogen-bond acceptors (Lipinski definition) is 3. The largest absolute Gasteiger partial charge is 0.481 e. The van der Waals surface area contributed by atoms with Crippen molar-refractivity contribution in [1.82, 2.24) is 8.61 Å². The van der Waals surface area contributed by atoms with E-state index in [1.54, 1.807) is 6.92 Å². The van der Waals surface area contributed by atoms with Crippen LogP contribution in [-0.2, 0) is 15.0 Å². The first-order chi connectivity index (χ1) is 8.44. The van der Waals surface area contributed by atoms with E-state index in [4.69, 9.17) is 5.11 Å². The van der Waals surface area contributed by atoms with Gasteiger partial charge in [-0.1, -0.05) is 0 Å². The zero-order valence-corrected chi connectivity index (χ0v) is 11.4. The second kappa shape index (κ2) is 5.14. The highest BCUT2D eigenvalue weighted by molar-refractivity contribution is 7.86. The molecule has 2 aliphatic rings. The molecule has 2 rings (SSSR count). The molecule has 104 valence electrons. The molecular weight excluding hydrogens is 256 g/mol. The summed E-state index contributed by atoms with van der Waals surface area (Å²) in [5.41, 5.74) is 0. The molecule has 2 fully saturated rings. The van der Waals surface area contributed by atoms with Crippen LogP contribution in [0.2, 0.25) is 0 Å². The third-order valence-corrected chi connectivity index (χ3v) is 6.06. The molecular formula is C11H20N2O4S. The van der Waals surface area contributed by atoms with Gasteiger partial charge in [0.2, 0.25) is 0 Å². The lowest BCUT2D eigenvalue weighted by atomic mass is 9.92. The van der Waals surface area contributed by atoms with Crippen LogP contribution in [0, 0.1) is 5.92 Å². The maximum absolute atomic E-state index is 12.4. The summed E-state index contributed by atoms with van der Waals surface area (Å²) in [6.07, 6.45) is 2.96. The van der Waals surface area contributed by atoms with Crippen molar-refractivity contribution in [3.63, 3.8) is 0 Å². The van der Waals surface area contributed by atoms with Crippen molar-refractivity contribution in [3.8, 4) is 0 Å². The Kier molecular flexibility index (Phi) is 3.93. The third-order valence-electron chi connectivity index (χ3n) is 3.94. The number of piperidine rings is 1. The normalized spacial score (nSPS) is 31.6. The van der Waals surface area contributed by atoms with Crippen molar-refractivity contribution in [2.75, 3.05) is 19.6 Å². The molecule has 6 nitrogen and oxygen atoms in total. The van der Waals surface area contributed by atoms with Crippen LogP contribution >= 0.6 is 0 Å². The van der Waals surface area contributed by atoms with Gasteiger partial charge in [0.05, 0.1) is 5.92 Å². The van der Waals surface area contributed by atoms with E-state index in [-0.39, 0.29) is 0 Å². The minimum Gasteiger partial charge on any atom is -0.481 e. The lowest BCUT2D eigenvalue weighted by Crippen LogP contribution is -2.53. The van der Waals surface area contributed by atoms with Crippen LogP contribution in [0.4, 0.5) is 0 Å². The highest BCUT2D eigenvalue weighted by Gasteiger charge is 2.41. The Bertz CT molecular complexity index is 417. The average molecular weight is 276 g/mol. The van der Waals surface area contributed by atoms with Crippen molar-refractivity contribution in [3.05, 3.63) is 0 Å². The van der Waals surface area contributed by atoms with Gasteiger partial charge in [-0.2, -0.15) is 17.0 Å². The summed E-state index contributed by atoms with van der Waals surface area (Å²) in [5.74, 6) is -1.49. The Labute approximate surface area is 108 Å². The lowest BCUT2D eigenvalue weighted by molar-refractivity contribution is -0.144. The first-order valence-corrected chi connectivity index (χ1v) is 7.84. The molecule has 2 heterocycles. The summed E-state index contributed by atoms with van der Waals surface area (Å²) in [6.45, 7) is 3.25. The maximum Gasteiger partial charge on any atom is 0.308 e. The van der Waals surface area contributed by atoms with Gasteiger partial charge in [0.15, 0.2) is 0 Å². The van der Waals surface area contributed by atoms with E-state index >= 15 is 0 Å². The van der Waals surface area contributed by atoms with Gasteiger partial charge < -0.3 is 5.11 Å². The quantitative estimate of drug-likeness (QED) is 0.815. The Morgan fingerprint density at radius 2 is 1.78 bits per heavy atom. The van der Waals surface area contributed by atoms with Crippen molar-refractivity contribution in [2.24, 2.45) is 5.92 Å². The zero-order valence-electron chi connectivity index (χ0n) is 10.6. The number of rotatable bonds is 3. The molecule has 2 aliphatic heterocycles. The van der Waals surface area contributed by atoms with E-state index in [0.29, 0.717) is 32.5 Å². The predicted octanol–water partition coefficient (Wildman–Crippen LogP) is 0.512. The fourth-order valence-electron chi connectivity index (χ4n) is 2.84. The molecule has 0 unspecified atom stereocenters. The standard InChI is InChI=1S/C11H20N2O4S/c1-9-10(11(14)15)5-4-8-13(9)18(16,17)12-6-2-3-7-12/h9-10H,2-8H2,1H3,(H,14,15)/t9-,10-/m1/s1. The SMILES string of the molecule is C[C@@H]1[C@H](C(=O)O)CCCN1S(=O)(=O)N1CCCC1. The van der Waals surface area contributed by atoms with E-state index in [9.17, 15) is 13.2 Å². The Hall–Kier alpha value is -0.660. The van der Waals surface area contributed by atoms with Crippen LogP contribution in [0.1, 0.15) is 32.6 Å². The van der Waals surface area contributed by atoms with Crippen LogP contribution in [-0.4, -0.2) is 53.8 Å². The fourth-order valence-corrected chi connectivity index (χ4v) is 4.78. The first-order valence-electron chi connectivity index (χ1n) is 6.44. The van der Waals surface area contributed by atoms with Crippen molar-refractivity contribution < 1.29 is 18.3 Å². The summed E-state index contributed by atoms with van der Waals surface area (Å²) >= 11 is 0. The number of aliphatic carboxylic acids is 1. The number of hydrogen-bond donors (Lipinski definition) is 1. The molecule has 0 aromatic rings. The highest BCUT2D eigenvalue weighted by atomic mass is 32.2. The molecule has 1 N–H and O–H groups in total. The van der Waals surface area contributed by atoms with Crippen LogP contribution in [0.25, 0.3) is 0 Å². The van der Waals surface area contributed by atoms with Gasteiger partial charge in [-0.15, -0.1) is 0 Å². The fraction of sp³-hybridized carbons (Fsp3) is 0.909. The topological polar surface area (TPSA) is 77.9 Å². The number of carbonyl (C=O) groups is 1. The van der Waals surface area contributed by atoms with Crippen LogP contribution in [0.5, 0.6) is 0 Å². The maximum atomic E-state index is 12.4. The molecule has 0 aliphatic carbocycles. The molecule has 0 saturated carbocycles. The molecule has 0 bridgehead atoms. The van der Waals surface area contributed by atoms with Gasteiger partial charge >= 0.3 is 5.97 Å². The van der Waals surface area contributed by atoms with Crippen molar-refractivity contribution >= 4 is 16.2 Å². The Balaban J connectivity index is 2.18. The van der Waals surface area contributed by atoms with E-state index < -0.39 is 28.1 Å². The second-order valence-electron chi connectivity index (χ2n) is 5.05. The van der Waals surface area contributed by atoms with Gasteiger partial charge in [-0.05, 0) is 32.6 Å². The highest BCUT2D eigenvalue weighted by Crippen LogP contribution is 2.28. The lowest BCUT2D eigenvalue weighted by Gasteiger charge is -2.38. The van der Waals surface area contributed by atoms with Crippen LogP contribution in [0.3, 0.4) is 0 Å². The van der Waals surface area contributed by atoms with Crippen molar-refractivity contribution in [2.45, 2.75) is 38.6 Å². The van der Waals surface area contributed by atoms with E-state index in [1.165, 1.54) is 8.61 Å². The summed E-state index contributed by atoms with van der Waals surface area (Å²) in [4.78, 5) is 11.1. The molecule has 18 heavy (non-hydrogen) atoms. The monoisotopic (exact) mass is 276 g/mol. The van der Waals surface area contributed by atoms with Crippen molar-refractivity contribution in [1.29, 1.82) is 0 Å². The van der Waals surface area contributed by atoms with Gasteiger partial charge in [0, 0.05) is 25.7 Å². The zero-order chi connectivity index (χ0) is 13.3. The molecule has 0 spiro atoms. The van der Waals surface area contributed by atoms with Crippen LogP contribution in [0.15, 0.2) is 0 Å². The summed E-state index contributed by atoms with van der Waals surface area (Å²) in [7, 11) is -3.47. The Morgan fingerprint density at radius 3 is 2.33 bits per heavy atom. The van der Waals surface area contributed by atoms with E-state index in [2.05, 4.69) is 0 Å². The Morgan fingerprint density at radius 1 is 1.17 bits per heavy atom. The second-order valence-corrected chi connectivity index (χ2v) is 6.93. The predicted molar refractivity (Wildman–Crippen MR) is 66.3 cm³/mol. The molecule has 2 atom stereocenters. The number of nitrogens with zero attached hydrogens (tertiary/aromatic N) is 2. The molecule has 0 amide bonds. The molecule has 0 aromatic carbocycles. The summed E-state index contributed by atoms with van der Waals surface area (Å²) < 4.78 is 27.7. The van der Waals surface area contributed by atoms with Gasteiger partial charge in [0.25, 0.3) is 10.2 Å². The summed E-state index contributed by atoms with van der Waals surface area (Å²) in [6, 6.07) is -0.457. The van der Waals surface area contributed by atoms with Gasteiger partial charge in [-0.3, -0.25) is 4.79 Å². The molecule has 2 saturated heterocycles. The minimum absolute atomic E-state index is 0.434. The number of carboxylic acids is 1. The summed E-state index contributed by atoms with van der Waals surface area (Å²) in [5, 5.41) is 9.12. The molecule has 0 radical (unpaired) electrons. The van der Waals surface area contributed by atoms with Gasteiger partial charge in [-0.25, -0.2) is 0 Å². The van der Waals surface area contributed by atoms with E-state index in [1.807, 2.05) is 0 Å². The first kappa shape index (κ1) is 13.8. The average Bonchev–Trinajstić information content (AvgIpc) is 2.82. The third kappa shape index (κ3) is 2.39. The van der Waals surface area contributed by atoms with Gasteiger partial charge in [0.1, 0.15) is 0 Å².